The third-order valence-corrected chi connectivity index (χ3v) is 5.04. The molecule has 0 aliphatic rings. The predicted molar refractivity (Wildman–Crippen MR) is 113 cm³/mol. The van der Waals surface area contributed by atoms with E-state index in [1.807, 2.05) is 18.2 Å². The third-order valence-electron chi connectivity index (χ3n) is 4.68. The minimum absolute atomic E-state index is 0.0414. The van der Waals surface area contributed by atoms with Gasteiger partial charge in [-0.15, -0.1) is 0 Å². The van der Waals surface area contributed by atoms with Crippen LogP contribution in [0.1, 0.15) is 15.9 Å². The minimum Gasteiger partial charge on any atom is -0.619 e. The first-order chi connectivity index (χ1) is 14.4. The fraction of sp³-hybridized carbons (Fsp3) is 0.0455. The van der Waals surface area contributed by atoms with E-state index in [1.54, 1.807) is 22.9 Å². The summed E-state index contributed by atoms with van der Waals surface area (Å²) in [7, 11) is 0. The third kappa shape index (κ3) is 3.83. The van der Waals surface area contributed by atoms with Crippen molar-refractivity contribution < 1.29 is 19.4 Å². The van der Waals surface area contributed by atoms with E-state index in [1.165, 1.54) is 36.7 Å². The Morgan fingerprint density at radius 1 is 1.10 bits per heavy atom. The summed E-state index contributed by atoms with van der Waals surface area (Å²) in [6, 6.07) is 14.7. The molecule has 0 spiro atoms. The maximum Gasteiger partial charge on any atom is 0.296 e. The Morgan fingerprint density at radius 3 is 2.57 bits per heavy atom. The molecule has 0 saturated heterocycles. The van der Waals surface area contributed by atoms with E-state index in [-0.39, 0.29) is 11.3 Å². The fourth-order valence-corrected chi connectivity index (χ4v) is 3.40. The number of benzene rings is 2. The molecule has 7 nitrogen and oxygen atoms in total. The first kappa shape index (κ1) is 19.5. The van der Waals surface area contributed by atoms with Gasteiger partial charge in [0.25, 0.3) is 11.7 Å². The van der Waals surface area contributed by atoms with Crippen molar-refractivity contribution in [3.05, 3.63) is 94.5 Å². The Balaban J connectivity index is 1.70. The second kappa shape index (κ2) is 7.88. The van der Waals surface area contributed by atoms with Gasteiger partial charge >= 0.3 is 0 Å². The lowest BCUT2D eigenvalue weighted by molar-refractivity contribution is -0.605. The molecule has 0 fully saturated rings. The molecule has 150 valence electrons. The number of carbonyl (C=O) groups is 2. The highest BCUT2D eigenvalue weighted by Gasteiger charge is 2.22. The molecule has 0 aliphatic heterocycles. The molecular formula is C22H16ClN3O4. The molecular weight excluding hydrogens is 406 g/mol. The molecule has 2 heterocycles. The molecule has 0 radical (unpaired) electrons. The number of ketones is 1. The van der Waals surface area contributed by atoms with E-state index in [0.29, 0.717) is 32.9 Å². The van der Waals surface area contributed by atoms with Crippen LogP contribution in [0.2, 0.25) is 5.02 Å². The SMILES string of the molecule is O=C(Nc1cc[n+]([O-])cc1)C(=O)c1cn(Cc2ccccc2Cl)c2cc(O)ccc12. The number of carbonyl (C=O) groups excluding carboxylic acids is 2. The second-order valence-corrected chi connectivity index (χ2v) is 7.10. The molecule has 1 amide bonds. The van der Waals surface area contributed by atoms with Crippen molar-refractivity contribution in [2.75, 3.05) is 5.32 Å². The number of amides is 1. The fourth-order valence-electron chi connectivity index (χ4n) is 3.21. The molecule has 0 aliphatic carbocycles. The van der Waals surface area contributed by atoms with Crippen molar-refractivity contribution >= 4 is 39.9 Å². The number of fused-ring (bicyclic) bond motifs is 1. The van der Waals surface area contributed by atoms with Crippen LogP contribution < -0.4 is 10.0 Å². The minimum atomic E-state index is -0.830. The van der Waals surface area contributed by atoms with Crippen LogP contribution in [0.15, 0.2) is 73.2 Å². The Hall–Kier alpha value is -3.84. The maximum absolute atomic E-state index is 12.9. The number of hydrogen-bond acceptors (Lipinski definition) is 4. The number of nitrogens with one attached hydrogen (secondary N) is 1. The summed E-state index contributed by atoms with van der Waals surface area (Å²) in [5.74, 6) is -1.52. The number of rotatable bonds is 5. The summed E-state index contributed by atoms with van der Waals surface area (Å²) in [6.07, 6.45) is 4.02. The van der Waals surface area contributed by atoms with E-state index in [4.69, 9.17) is 11.6 Å². The van der Waals surface area contributed by atoms with Gasteiger partial charge in [0, 0.05) is 41.3 Å². The zero-order valence-corrected chi connectivity index (χ0v) is 16.3. The van der Waals surface area contributed by atoms with Gasteiger partial charge in [-0.05, 0) is 23.8 Å². The number of aromatic hydroxyl groups is 1. The zero-order chi connectivity index (χ0) is 21.3. The summed E-state index contributed by atoms with van der Waals surface area (Å²) in [4.78, 5) is 25.4. The second-order valence-electron chi connectivity index (χ2n) is 6.69. The Kier molecular flexibility index (Phi) is 5.12. The summed E-state index contributed by atoms with van der Waals surface area (Å²) >= 11 is 6.26. The Labute approximate surface area is 176 Å². The lowest BCUT2D eigenvalue weighted by Crippen LogP contribution is -2.26. The van der Waals surface area contributed by atoms with Gasteiger partial charge in [0.1, 0.15) is 5.75 Å². The van der Waals surface area contributed by atoms with Gasteiger partial charge in [0.05, 0.1) is 16.8 Å². The number of phenols is 1. The first-order valence-corrected chi connectivity index (χ1v) is 9.40. The van der Waals surface area contributed by atoms with Crippen molar-refractivity contribution in [3.8, 4) is 5.75 Å². The van der Waals surface area contributed by atoms with Crippen LogP contribution in [0.3, 0.4) is 0 Å². The van der Waals surface area contributed by atoms with Gasteiger partial charge in [0.15, 0.2) is 12.4 Å². The number of halogens is 1. The highest BCUT2D eigenvalue weighted by Crippen LogP contribution is 2.28. The van der Waals surface area contributed by atoms with Crippen LogP contribution >= 0.6 is 11.6 Å². The summed E-state index contributed by atoms with van der Waals surface area (Å²) in [6.45, 7) is 0.358. The molecule has 2 aromatic heterocycles. The van der Waals surface area contributed by atoms with Gasteiger partial charge < -0.3 is 20.2 Å². The standard InChI is InChI=1S/C22H16ClN3O4/c23-19-4-2-1-3-14(19)12-25-13-18(17-6-5-16(27)11-20(17)25)21(28)22(29)24-15-7-9-26(30)10-8-15/h1-11,13,27H,12H2,(H,24,29). The predicted octanol–water partition coefficient (Wildman–Crippen LogP) is 3.50. The van der Waals surface area contributed by atoms with E-state index in [9.17, 15) is 19.9 Å². The zero-order valence-electron chi connectivity index (χ0n) is 15.6. The maximum atomic E-state index is 12.9. The largest absolute Gasteiger partial charge is 0.619 e. The Morgan fingerprint density at radius 2 is 1.83 bits per heavy atom. The van der Waals surface area contributed by atoms with E-state index in [2.05, 4.69) is 5.32 Å². The van der Waals surface area contributed by atoms with Crippen LogP contribution in [0.25, 0.3) is 10.9 Å². The van der Waals surface area contributed by atoms with Gasteiger partial charge in [0.2, 0.25) is 0 Å². The molecule has 0 bridgehead atoms. The number of hydrogen-bond donors (Lipinski definition) is 2. The highest BCUT2D eigenvalue weighted by molar-refractivity contribution is 6.48. The van der Waals surface area contributed by atoms with Crippen molar-refractivity contribution in [2.45, 2.75) is 6.54 Å². The van der Waals surface area contributed by atoms with Gasteiger partial charge in [-0.25, -0.2) is 0 Å². The summed E-state index contributed by atoms with van der Waals surface area (Å²) in [5, 5.41) is 24.6. The van der Waals surface area contributed by atoms with Crippen LogP contribution in [0, 0.1) is 5.21 Å². The smallest absolute Gasteiger partial charge is 0.296 e. The normalized spacial score (nSPS) is 10.8. The molecule has 0 saturated carbocycles. The molecule has 0 unspecified atom stereocenters. The van der Waals surface area contributed by atoms with E-state index >= 15 is 0 Å². The van der Waals surface area contributed by atoms with Crippen molar-refractivity contribution in [2.24, 2.45) is 0 Å². The number of nitrogens with zero attached hydrogens (tertiary/aromatic N) is 2. The lowest BCUT2D eigenvalue weighted by Gasteiger charge is -2.07. The summed E-state index contributed by atoms with van der Waals surface area (Å²) in [5.41, 5.74) is 1.96. The van der Waals surface area contributed by atoms with E-state index < -0.39 is 11.7 Å². The molecule has 30 heavy (non-hydrogen) atoms. The first-order valence-electron chi connectivity index (χ1n) is 9.02. The van der Waals surface area contributed by atoms with Crippen LogP contribution in [0.4, 0.5) is 5.69 Å². The van der Waals surface area contributed by atoms with Crippen LogP contribution in [0.5, 0.6) is 5.75 Å². The van der Waals surface area contributed by atoms with Crippen LogP contribution in [-0.4, -0.2) is 21.4 Å². The molecule has 8 heteroatoms. The molecule has 4 aromatic rings. The highest BCUT2D eigenvalue weighted by atomic mass is 35.5. The monoisotopic (exact) mass is 421 g/mol. The van der Waals surface area contributed by atoms with Crippen molar-refractivity contribution in [1.29, 1.82) is 0 Å². The van der Waals surface area contributed by atoms with Crippen molar-refractivity contribution in [1.82, 2.24) is 4.57 Å². The van der Waals surface area contributed by atoms with Crippen molar-refractivity contribution in [3.63, 3.8) is 0 Å². The topological polar surface area (TPSA) is 98.3 Å². The quantitative estimate of drug-likeness (QED) is 0.223. The van der Waals surface area contributed by atoms with Gasteiger partial charge in [-0.1, -0.05) is 29.8 Å². The molecule has 4 rings (SSSR count). The van der Waals surface area contributed by atoms with E-state index in [0.717, 1.165) is 5.56 Å². The number of aromatic nitrogens is 2. The number of phenolic OH excluding ortho intramolecular Hbond substituents is 1. The molecule has 0 atom stereocenters. The number of pyridine rings is 1. The Bertz CT molecular complexity index is 1270. The summed E-state index contributed by atoms with van der Waals surface area (Å²) < 4.78 is 2.34. The average molecular weight is 422 g/mol. The number of anilines is 1. The molecule has 2 N–H and O–H groups in total. The molecule has 2 aromatic carbocycles. The van der Waals surface area contributed by atoms with Gasteiger partial charge in [-0.3, -0.25) is 9.59 Å². The van der Waals surface area contributed by atoms with Gasteiger partial charge in [-0.2, -0.15) is 4.73 Å². The average Bonchev–Trinajstić information content (AvgIpc) is 3.08. The lowest BCUT2D eigenvalue weighted by atomic mass is 10.1. The van der Waals surface area contributed by atoms with Crippen LogP contribution in [-0.2, 0) is 11.3 Å². The number of Topliss-reactive ketones (excluding diaryl/α,β-unsaturated/α-hetero) is 1.